The van der Waals surface area contributed by atoms with Crippen LogP contribution in [0.2, 0.25) is 0 Å². The minimum absolute atomic E-state index is 0.0543. The molecule has 2 amide bonds. The van der Waals surface area contributed by atoms with E-state index in [1.165, 1.54) is 19.3 Å². The molecule has 0 radical (unpaired) electrons. The molecule has 2 aliphatic carbocycles. The topological polar surface area (TPSA) is 83.0 Å². The summed E-state index contributed by atoms with van der Waals surface area (Å²) in [4.78, 5) is 34.7. The van der Waals surface area contributed by atoms with Crippen molar-refractivity contribution in [2.75, 3.05) is 26.7 Å². The molecule has 0 aromatic carbocycles. The van der Waals surface area contributed by atoms with Crippen molar-refractivity contribution in [3.63, 3.8) is 0 Å². The van der Waals surface area contributed by atoms with Crippen LogP contribution < -0.4 is 4.74 Å². The number of amides is 2. The predicted molar refractivity (Wildman–Crippen MR) is 138 cm³/mol. The Kier molecular flexibility index (Phi) is 8.90. The molecule has 7 nitrogen and oxygen atoms in total. The van der Waals surface area contributed by atoms with Crippen LogP contribution in [0.25, 0.3) is 0 Å². The van der Waals surface area contributed by atoms with Gasteiger partial charge in [-0.3, -0.25) is 9.59 Å². The molecule has 2 saturated carbocycles. The van der Waals surface area contributed by atoms with E-state index in [9.17, 15) is 14.7 Å². The molecular formula is C29H41N3O4. The van der Waals surface area contributed by atoms with E-state index in [4.69, 9.17) is 4.74 Å². The maximum atomic E-state index is 13.6. The third-order valence-corrected chi connectivity index (χ3v) is 8.08. The first-order valence-corrected chi connectivity index (χ1v) is 13.7. The van der Waals surface area contributed by atoms with Gasteiger partial charge in [-0.15, -0.1) is 0 Å². The molecule has 3 atom stereocenters. The van der Waals surface area contributed by atoms with Crippen LogP contribution in [0, 0.1) is 29.6 Å². The van der Waals surface area contributed by atoms with E-state index >= 15 is 0 Å². The zero-order chi connectivity index (χ0) is 25.7. The molecule has 4 rings (SSSR count). The normalized spacial score (nSPS) is 24.1. The summed E-state index contributed by atoms with van der Waals surface area (Å²) in [6.45, 7) is 4.59. The first-order chi connectivity index (χ1) is 17.4. The van der Waals surface area contributed by atoms with Crippen LogP contribution in [0.3, 0.4) is 0 Å². The number of hydrogen-bond donors (Lipinski definition) is 1. The lowest BCUT2D eigenvalue weighted by Crippen LogP contribution is -2.51. The second-order valence-corrected chi connectivity index (χ2v) is 11.0. The van der Waals surface area contributed by atoms with Crippen molar-refractivity contribution in [3.8, 4) is 17.7 Å². The highest BCUT2D eigenvalue weighted by molar-refractivity contribution is 5.97. The molecule has 2 heterocycles. The highest BCUT2D eigenvalue weighted by Gasteiger charge is 2.35. The monoisotopic (exact) mass is 495 g/mol. The van der Waals surface area contributed by atoms with Gasteiger partial charge in [-0.05, 0) is 38.7 Å². The third-order valence-electron chi connectivity index (χ3n) is 8.08. The zero-order valence-corrected chi connectivity index (χ0v) is 22.0. The fourth-order valence-corrected chi connectivity index (χ4v) is 5.67. The predicted octanol–water partition coefficient (Wildman–Crippen LogP) is 3.88. The molecule has 0 spiro atoms. The molecule has 1 aromatic heterocycles. The van der Waals surface area contributed by atoms with E-state index in [0.29, 0.717) is 30.1 Å². The summed E-state index contributed by atoms with van der Waals surface area (Å²) >= 11 is 0. The Balaban J connectivity index is 1.59. The molecule has 1 N–H and O–H groups in total. The molecular weight excluding hydrogens is 454 g/mol. The van der Waals surface area contributed by atoms with Crippen LogP contribution in [0.4, 0.5) is 0 Å². The van der Waals surface area contributed by atoms with Crippen molar-refractivity contribution in [2.24, 2.45) is 17.8 Å². The maximum absolute atomic E-state index is 13.6. The Morgan fingerprint density at radius 1 is 1.22 bits per heavy atom. The fraction of sp³-hybridized carbons (Fsp3) is 0.690. The summed E-state index contributed by atoms with van der Waals surface area (Å²) in [5.41, 5.74) is 1.07. The second kappa shape index (κ2) is 12.1. The number of carbonyl (C=O) groups excluding carboxylic acids is 2. The Labute approximate surface area is 215 Å². The van der Waals surface area contributed by atoms with Gasteiger partial charge in [0.25, 0.3) is 5.91 Å². The summed E-state index contributed by atoms with van der Waals surface area (Å²) in [6, 6.07) is 1.43. The standard InChI is InChI=1S/C29H41N3O4/c1-20-17-32(21(2)19-33)29(35)25-15-23(14-13-22-9-7-8-10-22)16-30-27(25)36-26(20)18-31(3)28(34)24-11-5-4-6-12-24/h15-16,20-22,24,26,33H,4-12,17-19H2,1-3H3/t20-,21+,26+/m0/s1. The van der Waals surface area contributed by atoms with E-state index in [2.05, 4.69) is 16.8 Å². The van der Waals surface area contributed by atoms with Crippen LogP contribution >= 0.6 is 0 Å². The van der Waals surface area contributed by atoms with Gasteiger partial charge in [0.15, 0.2) is 0 Å². The molecule has 196 valence electrons. The largest absolute Gasteiger partial charge is 0.472 e. The molecule has 1 aromatic rings. The minimum Gasteiger partial charge on any atom is -0.472 e. The maximum Gasteiger partial charge on any atom is 0.259 e. The minimum atomic E-state index is -0.346. The van der Waals surface area contributed by atoms with Gasteiger partial charge in [0.1, 0.15) is 11.7 Å². The number of aliphatic hydroxyl groups excluding tert-OH is 1. The van der Waals surface area contributed by atoms with Gasteiger partial charge in [-0.2, -0.15) is 0 Å². The van der Waals surface area contributed by atoms with E-state index in [0.717, 1.165) is 38.5 Å². The zero-order valence-electron chi connectivity index (χ0n) is 22.0. The number of fused-ring (bicyclic) bond motifs is 1. The van der Waals surface area contributed by atoms with Gasteiger partial charge < -0.3 is 19.6 Å². The summed E-state index contributed by atoms with van der Waals surface area (Å²) in [6.07, 6.45) is 11.4. The van der Waals surface area contributed by atoms with Gasteiger partial charge in [-0.1, -0.05) is 50.9 Å². The number of aliphatic hydroxyl groups is 1. The van der Waals surface area contributed by atoms with Gasteiger partial charge in [-0.25, -0.2) is 4.98 Å². The number of nitrogens with zero attached hydrogens (tertiary/aromatic N) is 3. The average molecular weight is 496 g/mol. The Hall–Kier alpha value is -2.59. The first kappa shape index (κ1) is 26.5. The molecule has 0 unspecified atom stereocenters. The quantitative estimate of drug-likeness (QED) is 0.627. The average Bonchev–Trinajstić information content (AvgIpc) is 3.43. The first-order valence-electron chi connectivity index (χ1n) is 13.7. The van der Waals surface area contributed by atoms with Crippen LogP contribution in [-0.2, 0) is 4.79 Å². The number of rotatable bonds is 5. The van der Waals surface area contributed by atoms with Gasteiger partial charge >= 0.3 is 0 Å². The smallest absolute Gasteiger partial charge is 0.259 e. The second-order valence-electron chi connectivity index (χ2n) is 11.0. The van der Waals surface area contributed by atoms with Crippen molar-refractivity contribution >= 4 is 11.8 Å². The van der Waals surface area contributed by atoms with Crippen molar-refractivity contribution in [1.82, 2.24) is 14.8 Å². The van der Waals surface area contributed by atoms with Crippen molar-refractivity contribution < 1.29 is 19.4 Å². The van der Waals surface area contributed by atoms with Crippen molar-refractivity contribution in [2.45, 2.75) is 83.8 Å². The Morgan fingerprint density at radius 3 is 2.61 bits per heavy atom. The summed E-state index contributed by atoms with van der Waals surface area (Å²) in [5.74, 6) is 7.24. The third kappa shape index (κ3) is 6.21. The summed E-state index contributed by atoms with van der Waals surface area (Å²) < 4.78 is 6.36. The van der Waals surface area contributed by atoms with Gasteiger partial charge in [0.2, 0.25) is 11.8 Å². The molecule has 36 heavy (non-hydrogen) atoms. The van der Waals surface area contributed by atoms with Crippen LogP contribution in [0.5, 0.6) is 5.88 Å². The van der Waals surface area contributed by atoms with E-state index in [1.54, 1.807) is 22.1 Å². The van der Waals surface area contributed by atoms with Gasteiger partial charge in [0.05, 0.1) is 19.2 Å². The fourth-order valence-electron chi connectivity index (χ4n) is 5.67. The molecule has 1 aliphatic heterocycles. The number of pyridine rings is 1. The van der Waals surface area contributed by atoms with Crippen LogP contribution in [0.1, 0.15) is 87.6 Å². The van der Waals surface area contributed by atoms with E-state index in [1.807, 2.05) is 20.9 Å². The number of hydrogen-bond acceptors (Lipinski definition) is 5. The summed E-state index contributed by atoms with van der Waals surface area (Å²) in [5, 5.41) is 9.87. The SMILES string of the molecule is C[C@H](CO)N1C[C@H](C)[C@@H](CN(C)C(=O)C2CCCCC2)Oc2ncc(C#CC3CCCC3)cc2C1=O. The van der Waals surface area contributed by atoms with E-state index in [-0.39, 0.29) is 48.3 Å². The van der Waals surface area contributed by atoms with Crippen LogP contribution in [-0.4, -0.2) is 70.6 Å². The summed E-state index contributed by atoms with van der Waals surface area (Å²) in [7, 11) is 1.85. The van der Waals surface area contributed by atoms with Crippen LogP contribution in [0.15, 0.2) is 12.3 Å². The number of ether oxygens (including phenoxy) is 1. The lowest BCUT2D eigenvalue weighted by atomic mass is 9.88. The Morgan fingerprint density at radius 2 is 1.92 bits per heavy atom. The number of aromatic nitrogens is 1. The molecule has 0 saturated heterocycles. The number of carbonyl (C=O) groups is 2. The van der Waals surface area contributed by atoms with Crippen molar-refractivity contribution in [1.29, 1.82) is 0 Å². The molecule has 7 heteroatoms. The highest BCUT2D eigenvalue weighted by atomic mass is 16.5. The molecule has 3 aliphatic rings. The van der Waals surface area contributed by atoms with Gasteiger partial charge in [0, 0.05) is 43.1 Å². The number of likely N-dealkylation sites (N-methyl/N-ethyl adjacent to an activating group) is 1. The molecule has 0 bridgehead atoms. The van der Waals surface area contributed by atoms with Crippen molar-refractivity contribution in [3.05, 3.63) is 23.4 Å². The van der Waals surface area contributed by atoms with E-state index < -0.39 is 0 Å². The lowest BCUT2D eigenvalue weighted by molar-refractivity contribution is -0.136. The lowest BCUT2D eigenvalue weighted by Gasteiger charge is -2.38. The highest BCUT2D eigenvalue weighted by Crippen LogP contribution is 2.29. The molecule has 2 fully saturated rings. The Bertz CT molecular complexity index is 988.